The second-order valence-electron chi connectivity index (χ2n) is 3.62. The van der Waals surface area contributed by atoms with Gasteiger partial charge in [0.25, 0.3) is 0 Å². The maximum atomic E-state index is 13.2. The van der Waals surface area contributed by atoms with Crippen molar-refractivity contribution in [1.29, 1.82) is 0 Å². The summed E-state index contributed by atoms with van der Waals surface area (Å²) in [7, 11) is 1.82. The smallest absolute Gasteiger partial charge is 0.142 e. The van der Waals surface area contributed by atoms with E-state index in [0.717, 1.165) is 0 Å². The monoisotopic (exact) mass is 239 g/mol. The summed E-state index contributed by atoms with van der Waals surface area (Å²) in [4.78, 5) is 0. The van der Waals surface area contributed by atoms with Crippen LogP contribution < -0.4 is 0 Å². The van der Waals surface area contributed by atoms with Gasteiger partial charge in [0, 0.05) is 13.2 Å². The van der Waals surface area contributed by atoms with Crippen LogP contribution in [-0.4, -0.2) is 9.67 Å². The van der Waals surface area contributed by atoms with Crippen LogP contribution in [0.25, 0.3) is 0 Å². The van der Waals surface area contributed by atoms with E-state index in [4.69, 9.17) is 11.6 Å². The Morgan fingerprint density at radius 3 is 2.69 bits per heavy atom. The summed E-state index contributed by atoms with van der Waals surface area (Å²) < 4.78 is 15.0. The molecule has 0 unspecified atom stereocenters. The third-order valence-electron chi connectivity index (χ3n) is 2.52. The molecule has 0 radical (unpaired) electrons. The van der Waals surface area contributed by atoms with Gasteiger partial charge in [0.05, 0.1) is 10.7 Å². The van der Waals surface area contributed by atoms with Crippen LogP contribution in [0.2, 0.25) is 5.02 Å². The fraction of sp³-hybridized carbons (Fsp3) is 0.167. The van der Waals surface area contributed by atoms with Crippen molar-refractivity contribution in [3.05, 3.63) is 58.6 Å². The van der Waals surface area contributed by atoms with E-state index in [1.54, 1.807) is 16.7 Å². The van der Waals surface area contributed by atoms with Crippen LogP contribution in [0.1, 0.15) is 17.4 Å². The second kappa shape index (κ2) is 4.28. The summed E-state index contributed by atoms with van der Waals surface area (Å²) in [6, 6.07) is 7.92. The standard InChI is InChI=1S/C12H11ClFNO/c1-15-6-2-3-11(15)12(16)8-4-5-9(13)10(14)7-8/h2-7,12,16H,1H3/t12-/m1/s1. The van der Waals surface area contributed by atoms with Crippen LogP contribution >= 0.6 is 11.6 Å². The molecule has 1 aromatic heterocycles. The summed E-state index contributed by atoms with van der Waals surface area (Å²) in [6.07, 6.45) is 0.983. The average Bonchev–Trinajstić information content (AvgIpc) is 2.67. The van der Waals surface area contributed by atoms with Crippen LogP contribution in [0, 0.1) is 5.82 Å². The number of nitrogens with zero attached hydrogens (tertiary/aromatic N) is 1. The van der Waals surface area contributed by atoms with E-state index in [2.05, 4.69) is 0 Å². The highest BCUT2D eigenvalue weighted by Gasteiger charge is 2.14. The summed E-state index contributed by atoms with van der Waals surface area (Å²) in [5.41, 5.74) is 1.20. The molecular formula is C12H11ClFNO. The fourth-order valence-electron chi connectivity index (χ4n) is 1.61. The molecule has 0 aliphatic rings. The summed E-state index contributed by atoms with van der Waals surface area (Å²) in [6.45, 7) is 0. The van der Waals surface area contributed by atoms with Crippen LogP contribution in [-0.2, 0) is 7.05 Å². The van der Waals surface area contributed by atoms with Gasteiger partial charge in [-0.1, -0.05) is 17.7 Å². The molecule has 1 heterocycles. The first-order chi connectivity index (χ1) is 7.59. The quantitative estimate of drug-likeness (QED) is 0.857. The molecule has 0 bridgehead atoms. The van der Waals surface area contributed by atoms with Gasteiger partial charge in [-0.05, 0) is 29.8 Å². The number of rotatable bonds is 2. The molecule has 16 heavy (non-hydrogen) atoms. The Bertz CT molecular complexity index is 509. The largest absolute Gasteiger partial charge is 0.382 e. The van der Waals surface area contributed by atoms with E-state index in [-0.39, 0.29) is 5.02 Å². The molecular weight excluding hydrogens is 229 g/mol. The highest BCUT2D eigenvalue weighted by molar-refractivity contribution is 6.30. The minimum Gasteiger partial charge on any atom is -0.382 e. The number of hydrogen-bond acceptors (Lipinski definition) is 1. The van der Waals surface area contributed by atoms with Gasteiger partial charge >= 0.3 is 0 Å². The van der Waals surface area contributed by atoms with E-state index in [9.17, 15) is 9.50 Å². The lowest BCUT2D eigenvalue weighted by Gasteiger charge is -2.12. The van der Waals surface area contributed by atoms with Gasteiger partial charge < -0.3 is 9.67 Å². The van der Waals surface area contributed by atoms with Gasteiger partial charge in [-0.25, -0.2) is 4.39 Å². The Kier molecular flexibility index (Phi) is 2.99. The van der Waals surface area contributed by atoms with Gasteiger partial charge in [0.2, 0.25) is 0 Å². The van der Waals surface area contributed by atoms with Gasteiger partial charge in [-0.15, -0.1) is 0 Å². The van der Waals surface area contributed by atoms with Gasteiger partial charge in [0.1, 0.15) is 11.9 Å². The highest BCUT2D eigenvalue weighted by atomic mass is 35.5. The Morgan fingerprint density at radius 2 is 2.12 bits per heavy atom. The Morgan fingerprint density at radius 1 is 1.38 bits per heavy atom. The van der Waals surface area contributed by atoms with Crippen LogP contribution in [0.15, 0.2) is 36.5 Å². The SMILES string of the molecule is Cn1cccc1[C@H](O)c1ccc(Cl)c(F)c1. The Hall–Kier alpha value is -1.32. The van der Waals surface area contributed by atoms with E-state index in [1.165, 1.54) is 12.1 Å². The topological polar surface area (TPSA) is 25.2 Å². The molecule has 2 aromatic rings. The first-order valence-electron chi connectivity index (χ1n) is 4.84. The molecule has 0 fully saturated rings. The Labute approximate surface area is 97.9 Å². The summed E-state index contributed by atoms with van der Waals surface area (Å²) in [5, 5.41) is 10.1. The third kappa shape index (κ3) is 1.96. The van der Waals surface area contributed by atoms with E-state index < -0.39 is 11.9 Å². The minimum atomic E-state index is -0.841. The van der Waals surface area contributed by atoms with Crippen molar-refractivity contribution in [2.45, 2.75) is 6.10 Å². The fourth-order valence-corrected chi connectivity index (χ4v) is 1.73. The predicted molar refractivity (Wildman–Crippen MR) is 60.9 cm³/mol. The van der Waals surface area contributed by atoms with Crippen LogP contribution in [0.3, 0.4) is 0 Å². The first kappa shape index (κ1) is 11.2. The molecule has 4 heteroatoms. The number of hydrogen-bond donors (Lipinski definition) is 1. The lowest BCUT2D eigenvalue weighted by atomic mass is 10.1. The van der Waals surface area contributed by atoms with Gasteiger partial charge in [-0.2, -0.15) is 0 Å². The highest BCUT2D eigenvalue weighted by Crippen LogP contribution is 2.25. The van der Waals surface area contributed by atoms with Crippen molar-refractivity contribution in [1.82, 2.24) is 4.57 Å². The maximum Gasteiger partial charge on any atom is 0.142 e. The van der Waals surface area contributed by atoms with Crippen molar-refractivity contribution in [3.63, 3.8) is 0 Å². The molecule has 2 rings (SSSR count). The van der Waals surface area contributed by atoms with Crippen molar-refractivity contribution >= 4 is 11.6 Å². The van der Waals surface area contributed by atoms with Crippen molar-refractivity contribution in [2.24, 2.45) is 7.05 Å². The third-order valence-corrected chi connectivity index (χ3v) is 2.83. The molecule has 2 nitrogen and oxygen atoms in total. The summed E-state index contributed by atoms with van der Waals surface area (Å²) >= 11 is 5.58. The van der Waals surface area contributed by atoms with Gasteiger partial charge in [-0.3, -0.25) is 0 Å². The normalized spacial score (nSPS) is 12.8. The molecule has 0 aliphatic carbocycles. The van der Waals surface area contributed by atoms with E-state index >= 15 is 0 Å². The van der Waals surface area contributed by atoms with Crippen LogP contribution in [0.5, 0.6) is 0 Å². The molecule has 0 amide bonds. The zero-order valence-electron chi connectivity index (χ0n) is 8.69. The van der Waals surface area contributed by atoms with E-state index in [1.807, 2.05) is 19.3 Å². The molecule has 0 saturated heterocycles. The predicted octanol–water partition coefficient (Wildman–Crippen LogP) is 2.90. The molecule has 1 N–H and O–H groups in total. The molecule has 0 spiro atoms. The molecule has 1 aromatic carbocycles. The number of aliphatic hydroxyl groups excluding tert-OH is 1. The molecule has 0 aliphatic heterocycles. The average molecular weight is 240 g/mol. The molecule has 84 valence electrons. The number of aromatic nitrogens is 1. The zero-order valence-corrected chi connectivity index (χ0v) is 9.45. The van der Waals surface area contributed by atoms with E-state index in [0.29, 0.717) is 11.3 Å². The van der Waals surface area contributed by atoms with Gasteiger partial charge in [0.15, 0.2) is 0 Å². The van der Waals surface area contributed by atoms with Crippen LogP contribution in [0.4, 0.5) is 4.39 Å². The minimum absolute atomic E-state index is 0.0582. The maximum absolute atomic E-state index is 13.2. The van der Waals surface area contributed by atoms with Crippen molar-refractivity contribution in [3.8, 4) is 0 Å². The number of benzene rings is 1. The number of aliphatic hydroxyl groups is 1. The number of aryl methyl sites for hydroxylation is 1. The number of halogens is 2. The molecule has 1 atom stereocenters. The van der Waals surface area contributed by atoms with Crippen molar-refractivity contribution in [2.75, 3.05) is 0 Å². The first-order valence-corrected chi connectivity index (χ1v) is 5.21. The molecule has 0 saturated carbocycles. The second-order valence-corrected chi connectivity index (χ2v) is 4.03. The Balaban J connectivity index is 2.38. The van der Waals surface area contributed by atoms with Crippen molar-refractivity contribution < 1.29 is 9.50 Å². The zero-order chi connectivity index (χ0) is 11.7. The lowest BCUT2D eigenvalue weighted by molar-refractivity contribution is 0.211. The summed E-state index contributed by atoms with van der Waals surface area (Å²) in [5.74, 6) is -0.521. The lowest BCUT2D eigenvalue weighted by Crippen LogP contribution is -2.05.